The second-order valence-electron chi connectivity index (χ2n) is 3.76. The number of hydrogen-bond acceptors (Lipinski definition) is 2. The first-order valence-electron chi connectivity index (χ1n) is 5.05. The number of primary amides is 1. The number of nitrogens with two attached hydrogens (primary N) is 1. The summed E-state index contributed by atoms with van der Waals surface area (Å²) in [6, 6.07) is 9.43. The molecule has 2 aromatic rings. The van der Waals surface area contributed by atoms with Gasteiger partial charge in [-0.2, -0.15) is 9.78 Å². The number of hydrogen-bond donors (Lipinski definition) is 1. The molecule has 0 unspecified atom stereocenters. The summed E-state index contributed by atoms with van der Waals surface area (Å²) in [4.78, 5) is 10.8. The van der Waals surface area contributed by atoms with Crippen molar-refractivity contribution in [2.45, 2.75) is 13.3 Å². The van der Waals surface area contributed by atoms with Gasteiger partial charge in [-0.25, -0.2) is 4.79 Å². The molecule has 0 aliphatic carbocycles. The Bertz CT molecular complexity index is 516. The van der Waals surface area contributed by atoms with Crippen molar-refractivity contribution in [3.63, 3.8) is 0 Å². The summed E-state index contributed by atoms with van der Waals surface area (Å²) in [6.45, 7) is 2.05. The monoisotopic (exact) mass is 215 g/mol. The quantitative estimate of drug-likeness (QED) is 0.828. The van der Waals surface area contributed by atoms with E-state index < -0.39 is 6.03 Å². The maximum atomic E-state index is 10.8. The Balaban J connectivity index is 2.17. The van der Waals surface area contributed by atoms with Gasteiger partial charge in [0.15, 0.2) is 0 Å². The van der Waals surface area contributed by atoms with Gasteiger partial charge in [0.2, 0.25) is 0 Å². The van der Waals surface area contributed by atoms with E-state index >= 15 is 0 Å². The molecule has 4 nitrogen and oxygen atoms in total. The van der Waals surface area contributed by atoms with Gasteiger partial charge in [-0.05, 0) is 18.6 Å². The number of carbonyl (C=O) groups excluding carboxylic acids is 1. The summed E-state index contributed by atoms with van der Waals surface area (Å²) in [6.07, 6.45) is 2.29. The van der Waals surface area contributed by atoms with E-state index in [-0.39, 0.29) is 0 Å². The van der Waals surface area contributed by atoms with Crippen molar-refractivity contribution < 1.29 is 4.79 Å². The van der Waals surface area contributed by atoms with E-state index in [0.29, 0.717) is 6.42 Å². The molecule has 0 aliphatic heterocycles. The molecule has 0 aliphatic rings. The lowest BCUT2D eigenvalue weighted by atomic mass is 10.1. The molecule has 0 saturated carbocycles. The standard InChI is InChI=1S/C12H13N3O/c1-9-3-2-4-10(7-9)8-11-5-6-15(14-11)12(13)16/h2-7H,8H2,1H3,(H2,13,16). The third kappa shape index (κ3) is 2.28. The van der Waals surface area contributed by atoms with Crippen LogP contribution in [0.2, 0.25) is 0 Å². The van der Waals surface area contributed by atoms with Gasteiger partial charge in [0.05, 0.1) is 5.69 Å². The zero-order valence-electron chi connectivity index (χ0n) is 9.05. The minimum atomic E-state index is -0.560. The highest BCUT2D eigenvalue weighted by molar-refractivity contribution is 5.73. The van der Waals surface area contributed by atoms with Crippen molar-refractivity contribution in [1.29, 1.82) is 0 Å². The van der Waals surface area contributed by atoms with E-state index in [0.717, 1.165) is 10.4 Å². The number of aryl methyl sites for hydroxylation is 1. The molecule has 1 amide bonds. The van der Waals surface area contributed by atoms with Gasteiger partial charge in [0.25, 0.3) is 0 Å². The van der Waals surface area contributed by atoms with E-state index in [2.05, 4.69) is 11.2 Å². The molecule has 0 bridgehead atoms. The van der Waals surface area contributed by atoms with E-state index in [1.807, 2.05) is 25.1 Å². The topological polar surface area (TPSA) is 60.9 Å². The summed E-state index contributed by atoms with van der Waals surface area (Å²) < 4.78 is 1.14. The maximum absolute atomic E-state index is 10.8. The summed E-state index contributed by atoms with van der Waals surface area (Å²) in [5, 5.41) is 4.08. The average Bonchev–Trinajstić information content (AvgIpc) is 2.66. The molecule has 0 fully saturated rings. The molecule has 1 aromatic heterocycles. The number of nitrogens with zero attached hydrogens (tertiary/aromatic N) is 2. The lowest BCUT2D eigenvalue weighted by molar-refractivity contribution is 0.247. The van der Waals surface area contributed by atoms with Crippen LogP contribution in [-0.2, 0) is 6.42 Å². The molecular formula is C12H13N3O. The van der Waals surface area contributed by atoms with Crippen LogP contribution in [0.15, 0.2) is 36.5 Å². The Kier molecular flexibility index (Phi) is 2.72. The van der Waals surface area contributed by atoms with Gasteiger partial charge in [-0.15, -0.1) is 0 Å². The van der Waals surface area contributed by atoms with Gasteiger partial charge in [-0.3, -0.25) is 0 Å². The second kappa shape index (κ2) is 4.18. The van der Waals surface area contributed by atoms with E-state index in [1.54, 1.807) is 12.3 Å². The first-order valence-corrected chi connectivity index (χ1v) is 5.05. The van der Waals surface area contributed by atoms with Gasteiger partial charge in [0, 0.05) is 12.6 Å². The molecule has 0 radical (unpaired) electrons. The lowest BCUT2D eigenvalue weighted by Gasteiger charge is -1.99. The SMILES string of the molecule is Cc1cccc(Cc2ccn(C(N)=O)n2)c1. The highest BCUT2D eigenvalue weighted by atomic mass is 16.2. The third-order valence-electron chi connectivity index (χ3n) is 2.34. The molecule has 4 heteroatoms. The molecule has 2 N–H and O–H groups in total. The van der Waals surface area contributed by atoms with Crippen LogP contribution in [-0.4, -0.2) is 15.8 Å². The van der Waals surface area contributed by atoms with E-state index in [9.17, 15) is 4.79 Å². The molecule has 16 heavy (non-hydrogen) atoms. The van der Waals surface area contributed by atoms with Crippen molar-refractivity contribution in [1.82, 2.24) is 9.78 Å². The molecule has 0 atom stereocenters. The number of amides is 1. The normalized spacial score (nSPS) is 10.3. The Morgan fingerprint density at radius 2 is 2.25 bits per heavy atom. The molecular weight excluding hydrogens is 202 g/mol. The summed E-state index contributed by atoms with van der Waals surface area (Å²) in [5.74, 6) is 0. The number of rotatable bonds is 2. The lowest BCUT2D eigenvalue weighted by Crippen LogP contribution is -2.20. The largest absolute Gasteiger partial charge is 0.350 e. The Hall–Kier alpha value is -2.10. The van der Waals surface area contributed by atoms with Crippen LogP contribution >= 0.6 is 0 Å². The second-order valence-corrected chi connectivity index (χ2v) is 3.76. The predicted molar refractivity (Wildman–Crippen MR) is 61.2 cm³/mol. The van der Waals surface area contributed by atoms with Crippen LogP contribution in [0.3, 0.4) is 0 Å². The van der Waals surface area contributed by atoms with Crippen molar-refractivity contribution >= 4 is 6.03 Å². The maximum Gasteiger partial charge on any atom is 0.339 e. The smallest absolute Gasteiger partial charge is 0.339 e. The van der Waals surface area contributed by atoms with Crippen molar-refractivity contribution in [2.75, 3.05) is 0 Å². The molecule has 1 aromatic carbocycles. The van der Waals surface area contributed by atoms with Gasteiger partial charge < -0.3 is 5.73 Å². The third-order valence-corrected chi connectivity index (χ3v) is 2.34. The highest BCUT2D eigenvalue weighted by Crippen LogP contribution is 2.09. The van der Waals surface area contributed by atoms with E-state index in [4.69, 9.17) is 5.73 Å². The van der Waals surface area contributed by atoms with Gasteiger partial charge in [0.1, 0.15) is 0 Å². The zero-order valence-corrected chi connectivity index (χ0v) is 9.05. The Morgan fingerprint density at radius 1 is 1.44 bits per heavy atom. The van der Waals surface area contributed by atoms with E-state index in [1.165, 1.54) is 11.1 Å². The van der Waals surface area contributed by atoms with Crippen LogP contribution in [0, 0.1) is 6.92 Å². The first kappa shape index (κ1) is 10.4. The summed E-state index contributed by atoms with van der Waals surface area (Å²) >= 11 is 0. The highest BCUT2D eigenvalue weighted by Gasteiger charge is 2.03. The molecule has 0 spiro atoms. The van der Waals surface area contributed by atoms with Gasteiger partial charge in [-0.1, -0.05) is 29.8 Å². The summed E-state index contributed by atoms with van der Waals surface area (Å²) in [5.41, 5.74) is 8.33. The van der Waals surface area contributed by atoms with Crippen molar-refractivity contribution in [2.24, 2.45) is 5.73 Å². The molecule has 82 valence electrons. The number of carbonyl (C=O) groups is 1. The fourth-order valence-corrected chi connectivity index (χ4v) is 1.61. The molecule has 2 rings (SSSR count). The minimum Gasteiger partial charge on any atom is -0.350 e. The number of benzene rings is 1. The van der Waals surface area contributed by atoms with Gasteiger partial charge >= 0.3 is 6.03 Å². The number of aromatic nitrogens is 2. The summed E-state index contributed by atoms with van der Waals surface area (Å²) in [7, 11) is 0. The predicted octanol–water partition coefficient (Wildman–Crippen LogP) is 1.71. The Morgan fingerprint density at radius 3 is 2.88 bits per heavy atom. The fraction of sp³-hybridized carbons (Fsp3) is 0.167. The van der Waals surface area contributed by atoms with Crippen LogP contribution in [0.1, 0.15) is 16.8 Å². The molecule has 0 saturated heterocycles. The van der Waals surface area contributed by atoms with Crippen LogP contribution < -0.4 is 5.73 Å². The van der Waals surface area contributed by atoms with Crippen LogP contribution in [0.25, 0.3) is 0 Å². The minimum absolute atomic E-state index is 0.560. The zero-order chi connectivity index (χ0) is 11.5. The van der Waals surface area contributed by atoms with Crippen LogP contribution in [0.4, 0.5) is 4.79 Å². The average molecular weight is 215 g/mol. The Labute approximate surface area is 93.7 Å². The van der Waals surface area contributed by atoms with Crippen LogP contribution in [0.5, 0.6) is 0 Å². The fourth-order valence-electron chi connectivity index (χ4n) is 1.61. The van der Waals surface area contributed by atoms with Crippen molar-refractivity contribution in [3.05, 3.63) is 53.3 Å². The van der Waals surface area contributed by atoms with Crippen molar-refractivity contribution in [3.8, 4) is 0 Å². The molecule has 1 heterocycles. The first-order chi connectivity index (χ1) is 7.65.